The van der Waals surface area contributed by atoms with Crippen LogP contribution in [0.5, 0.6) is 0 Å². The average Bonchev–Trinajstić information content (AvgIpc) is 2.94. The monoisotopic (exact) mass is 310 g/mol. The lowest BCUT2D eigenvalue weighted by atomic mass is 9.87. The Kier molecular flexibility index (Phi) is 5.80. The molecule has 120 valence electrons. The van der Waals surface area contributed by atoms with Crippen LogP contribution in [-0.4, -0.2) is 32.4 Å². The molecule has 2 heterocycles. The van der Waals surface area contributed by atoms with E-state index < -0.39 is 8.32 Å². The van der Waals surface area contributed by atoms with Gasteiger partial charge in [-0.25, -0.2) is 0 Å². The molecule has 0 amide bonds. The Morgan fingerprint density at radius 1 is 1.10 bits per heavy atom. The van der Waals surface area contributed by atoms with Crippen LogP contribution in [0.2, 0.25) is 18.1 Å². The summed E-state index contributed by atoms with van der Waals surface area (Å²) in [5, 5.41) is 0. The molecule has 0 spiro atoms. The molecule has 4 heteroatoms. The van der Waals surface area contributed by atoms with Crippen molar-refractivity contribution in [3.63, 3.8) is 0 Å². The van der Waals surface area contributed by atoms with Crippen LogP contribution in [0.4, 0.5) is 0 Å². The number of rotatable bonds is 8. The van der Waals surface area contributed by atoms with Gasteiger partial charge in [0.05, 0.1) is 12.0 Å². The first-order valence-electron chi connectivity index (χ1n) is 8.66. The number of hydrogen-bond donors (Lipinski definition) is 0. The molecule has 0 unspecified atom stereocenters. The fourth-order valence-electron chi connectivity index (χ4n) is 3.55. The highest BCUT2D eigenvalue weighted by atomic mass is 28.4. The van der Waals surface area contributed by atoms with E-state index in [-0.39, 0.29) is 24.2 Å². The van der Waals surface area contributed by atoms with Gasteiger partial charge in [0.15, 0.2) is 14.1 Å². The van der Waals surface area contributed by atoms with Crippen LogP contribution in [0.15, 0.2) is 12.2 Å². The number of carbonyl (C=O) groups excluding carboxylic acids is 1. The van der Waals surface area contributed by atoms with E-state index in [2.05, 4.69) is 39.8 Å². The lowest BCUT2D eigenvalue weighted by molar-refractivity contribution is -0.153. The van der Waals surface area contributed by atoms with Crippen molar-refractivity contribution in [2.75, 3.05) is 0 Å². The minimum absolute atomic E-state index is 0.00205. The summed E-state index contributed by atoms with van der Waals surface area (Å²) in [6.07, 6.45) is 6.76. The van der Waals surface area contributed by atoms with Gasteiger partial charge in [-0.1, -0.05) is 52.7 Å². The highest BCUT2D eigenvalue weighted by Crippen LogP contribution is 2.36. The van der Waals surface area contributed by atoms with E-state index in [0.717, 1.165) is 37.4 Å². The van der Waals surface area contributed by atoms with Crippen LogP contribution >= 0.6 is 0 Å². The van der Waals surface area contributed by atoms with Gasteiger partial charge in [-0.3, -0.25) is 4.79 Å². The zero-order valence-corrected chi connectivity index (χ0v) is 14.9. The molecule has 2 bridgehead atoms. The first kappa shape index (κ1) is 16.9. The zero-order chi connectivity index (χ0) is 15.5. The number of fused-ring (bicyclic) bond motifs is 2. The van der Waals surface area contributed by atoms with Crippen molar-refractivity contribution in [3.05, 3.63) is 12.2 Å². The van der Waals surface area contributed by atoms with Crippen LogP contribution in [0.3, 0.4) is 0 Å². The molecule has 0 N–H and O–H groups in total. The molecule has 0 aliphatic carbocycles. The summed E-state index contributed by atoms with van der Waals surface area (Å²) in [6.45, 7) is 8.78. The highest BCUT2D eigenvalue weighted by Gasteiger charge is 2.48. The number of unbranched alkanes of at least 4 members (excludes halogenated alkanes) is 1. The molecule has 0 aromatic rings. The number of hydrogen-bond acceptors (Lipinski definition) is 3. The Balaban J connectivity index is 2.14. The molecule has 4 atom stereocenters. The number of carbonyl (C=O) groups is 1. The summed E-state index contributed by atoms with van der Waals surface area (Å²) >= 11 is 0. The van der Waals surface area contributed by atoms with Crippen molar-refractivity contribution in [2.45, 2.75) is 83.4 Å². The second-order valence-electron chi connectivity index (χ2n) is 6.38. The van der Waals surface area contributed by atoms with Gasteiger partial charge in [-0.2, -0.15) is 0 Å². The quantitative estimate of drug-likeness (QED) is 0.500. The number of ether oxygens (including phenoxy) is 1. The molecule has 0 radical (unpaired) electrons. The Labute approximate surface area is 130 Å². The van der Waals surface area contributed by atoms with E-state index in [0.29, 0.717) is 5.78 Å². The lowest BCUT2D eigenvalue weighted by Crippen LogP contribution is -2.54. The van der Waals surface area contributed by atoms with Gasteiger partial charge in [0.1, 0.15) is 12.2 Å². The van der Waals surface area contributed by atoms with Crippen molar-refractivity contribution in [1.29, 1.82) is 0 Å². The first-order chi connectivity index (χ1) is 10.1. The summed E-state index contributed by atoms with van der Waals surface area (Å²) in [4.78, 5) is 12.9. The van der Waals surface area contributed by atoms with Crippen molar-refractivity contribution in [3.8, 4) is 0 Å². The molecule has 1 fully saturated rings. The fourth-order valence-corrected chi connectivity index (χ4v) is 6.34. The summed E-state index contributed by atoms with van der Waals surface area (Å²) in [7, 11) is -1.78. The second-order valence-corrected chi connectivity index (χ2v) is 11.1. The van der Waals surface area contributed by atoms with Gasteiger partial charge in [0.25, 0.3) is 0 Å². The smallest absolute Gasteiger partial charge is 0.193 e. The maximum atomic E-state index is 12.9. The van der Waals surface area contributed by atoms with Crippen molar-refractivity contribution in [1.82, 2.24) is 0 Å². The van der Waals surface area contributed by atoms with Crippen LogP contribution in [0.25, 0.3) is 0 Å². The summed E-state index contributed by atoms with van der Waals surface area (Å²) in [5.41, 5.74) is 0. The molecule has 1 saturated heterocycles. The summed E-state index contributed by atoms with van der Waals surface area (Å²) in [5.74, 6) is 0.296. The first-order valence-corrected chi connectivity index (χ1v) is 11.2. The van der Waals surface area contributed by atoms with E-state index in [9.17, 15) is 4.79 Å². The molecular weight excluding hydrogens is 280 g/mol. The van der Waals surface area contributed by atoms with E-state index in [1.54, 1.807) is 0 Å². The Morgan fingerprint density at radius 3 is 2.29 bits per heavy atom. The van der Waals surface area contributed by atoms with E-state index in [4.69, 9.17) is 9.16 Å². The number of ketones is 1. The Morgan fingerprint density at radius 2 is 1.71 bits per heavy atom. The van der Waals surface area contributed by atoms with Crippen LogP contribution in [0.1, 0.15) is 47.0 Å². The molecular formula is C17H30O3Si. The molecule has 0 aromatic heterocycles. The van der Waals surface area contributed by atoms with Gasteiger partial charge >= 0.3 is 0 Å². The van der Waals surface area contributed by atoms with Crippen molar-refractivity contribution in [2.24, 2.45) is 5.92 Å². The SMILES string of the molecule is CCCC[C@@H]1C(=O)[C@H](O[Si](CC)(CC)CC)[C@@H]2C=C[C@H]1O2. The van der Waals surface area contributed by atoms with Crippen molar-refractivity contribution < 1.29 is 14.0 Å². The van der Waals surface area contributed by atoms with E-state index in [1.165, 1.54) is 0 Å². The van der Waals surface area contributed by atoms with Crippen LogP contribution in [0, 0.1) is 5.92 Å². The Hall–Kier alpha value is -0.453. The van der Waals surface area contributed by atoms with Gasteiger partial charge in [0.2, 0.25) is 0 Å². The molecule has 0 aromatic carbocycles. The van der Waals surface area contributed by atoms with E-state index >= 15 is 0 Å². The van der Waals surface area contributed by atoms with Crippen LogP contribution in [-0.2, 0) is 14.0 Å². The minimum Gasteiger partial charge on any atom is -0.404 e. The molecule has 3 nitrogen and oxygen atoms in total. The summed E-state index contributed by atoms with van der Waals surface area (Å²) < 4.78 is 12.5. The van der Waals surface area contributed by atoms with Gasteiger partial charge in [-0.05, 0) is 24.6 Å². The second kappa shape index (κ2) is 7.21. The minimum atomic E-state index is -1.78. The third-order valence-corrected chi connectivity index (χ3v) is 9.94. The highest BCUT2D eigenvalue weighted by molar-refractivity contribution is 6.73. The van der Waals surface area contributed by atoms with Crippen molar-refractivity contribution >= 4 is 14.1 Å². The molecule has 21 heavy (non-hydrogen) atoms. The van der Waals surface area contributed by atoms with E-state index in [1.807, 2.05) is 0 Å². The zero-order valence-electron chi connectivity index (χ0n) is 13.9. The molecule has 0 saturated carbocycles. The van der Waals surface area contributed by atoms with Gasteiger partial charge in [0, 0.05) is 0 Å². The van der Waals surface area contributed by atoms with Gasteiger partial charge in [-0.15, -0.1) is 0 Å². The molecule has 2 aliphatic heterocycles. The standard InChI is InChI=1S/C17H30O3Si/c1-5-9-10-13-14-11-12-15(19-14)17(16(13)18)20-21(6-2,7-3)8-4/h11-15,17H,5-10H2,1-4H3/t13-,14+,15-,17+/m0/s1. The maximum absolute atomic E-state index is 12.9. The third kappa shape index (κ3) is 3.32. The molecule has 2 aliphatic rings. The predicted octanol–water partition coefficient (Wildman–Crippen LogP) is 4.09. The molecule has 2 rings (SSSR count). The predicted molar refractivity (Wildman–Crippen MR) is 87.9 cm³/mol. The van der Waals surface area contributed by atoms with Crippen LogP contribution < -0.4 is 0 Å². The lowest BCUT2D eigenvalue weighted by Gasteiger charge is -2.40. The fraction of sp³-hybridized carbons (Fsp3) is 0.824. The largest absolute Gasteiger partial charge is 0.404 e. The average molecular weight is 311 g/mol. The van der Waals surface area contributed by atoms with Gasteiger partial charge < -0.3 is 9.16 Å². The number of Topliss-reactive ketones (excluding diaryl/α,β-unsaturated/α-hetero) is 1. The normalized spacial score (nSPS) is 31.9. The summed E-state index contributed by atoms with van der Waals surface area (Å²) in [6, 6.07) is 3.22. The maximum Gasteiger partial charge on any atom is 0.193 e. The Bertz CT molecular complexity index is 381. The third-order valence-electron chi connectivity index (χ3n) is 5.32. The topological polar surface area (TPSA) is 35.5 Å².